The van der Waals surface area contributed by atoms with Crippen molar-refractivity contribution in [2.45, 2.75) is 37.8 Å². The third kappa shape index (κ3) is 3.02. The number of aromatic nitrogens is 1. The van der Waals surface area contributed by atoms with Crippen LogP contribution in [0, 0.1) is 10.1 Å². The van der Waals surface area contributed by atoms with Crippen molar-refractivity contribution in [2.75, 3.05) is 5.32 Å². The topological polar surface area (TPSA) is 126 Å². The number of anilines is 1. The first-order valence-electron chi connectivity index (χ1n) is 6.32. The van der Waals surface area contributed by atoms with Crippen LogP contribution in [0.4, 0.5) is 11.5 Å². The molecule has 0 radical (unpaired) electrons. The molecule has 1 aliphatic carbocycles. The van der Waals surface area contributed by atoms with Crippen molar-refractivity contribution in [3.63, 3.8) is 0 Å². The quantitative estimate of drug-likeness (QED) is 0.562. The number of carboxylic acid groups (broad SMARTS) is 1. The first kappa shape index (κ1) is 14.2. The lowest BCUT2D eigenvalue weighted by molar-refractivity contribution is -0.384. The lowest BCUT2D eigenvalue weighted by atomic mass is 9.92. The zero-order valence-electron chi connectivity index (χ0n) is 10.7. The minimum absolute atomic E-state index is 0.110. The Morgan fingerprint density at radius 2 is 2.10 bits per heavy atom. The van der Waals surface area contributed by atoms with Crippen molar-refractivity contribution >= 4 is 17.5 Å². The van der Waals surface area contributed by atoms with Gasteiger partial charge in [-0.2, -0.15) is 0 Å². The van der Waals surface area contributed by atoms with Crippen LogP contribution in [0.3, 0.4) is 0 Å². The number of rotatable bonds is 4. The maximum absolute atomic E-state index is 10.9. The van der Waals surface area contributed by atoms with E-state index in [2.05, 4.69) is 10.3 Å². The van der Waals surface area contributed by atoms with Gasteiger partial charge in [-0.1, -0.05) is 12.8 Å². The standard InChI is InChI=1S/C12H15N3O5/c16-10-4-2-1-3-7(10)13-11-9(15(19)20)6-5-8(14-11)12(17)18/h5-7,10,16H,1-4H2,(H,13,14)(H,17,18). The van der Waals surface area contributed by atoms with E-state index >= 15 is 0 Å². The second-order valence-electron chi connectivity index (χ2n) is 4.73. The number of carboxylic acids is 1. The average Bonchev–Trinajstić information content (AvgIpc) is 2.41. The van der Waals surface area contributed by atoms with Gasteiger partial charge >= 0.3 is 11.7 Å². The maximum Gasteiger partial charge on any atom is 0.354 e. The molecule has 0 amide bonds. The predicted molar refractivity (Wildman–Crippen MR) is 69.7 cm³/mol. The number of aliphatic hydroxyl groups excluding tert-OH is 1. The van der Waals surface area contributed by atoms with E-state index in [9.17, 15) is 20.0 Å². The summed E-state index contributed by atoms with van der Waals surface area (Å²) in [4.78, 5) is 25.0. The van der Waals surface area contributed by atoms with Crippen molar-refractivity contribution in [2.24, 2.45) is 0 Å². The van der Waals surface area contributed by atoms with Crippen LogP contribution < -0.4 is 5.32 Å². The Hall–Kier alpha value is -2.22. The highest BCUT2D eigenvalue weighted by atomic mass is 16.6. The van der Waals surface area contributed by atoms with Crippen LogP contribution in [0.2, 0.25) is 0 Å². The maximum atomic E-state index is 10.9. The summed E-state index contributed by atoms with van der Waals surface area (Å²) < 4.78 is 0. The van der Waals surface area contributed by atoms with Gasteiger partial charge in [-0.3, -0.25) is 10.1 Å². The molecule has 1 aromatic rings. The molecule has 0 bridgehead atoms. The highest BCUT2D eigenvalue weighted by Crippen LogP contribution is 2.27. The van der Waals surface area contributed by atoms with E-state index in [4.69, 9.17) is 5.11 Å². The van der Waals surface area contributed by atoms with Gasteiger partial charge in [0.1, 0.15) is 0 Å². The number of nitro groups is 1. The van der Waals surface area contributed by atoms with E-state index in [-0.39, 0.29) is 23.2 Å². The third-order valence-corrected chi connectivity index (χ3v) is 3.34. The minimum atomic E-state index is -1.26. The number of pyridine rings is 1. The highest BCUT2D eigenvalue weighted by Gasteiger charge is 2.27. The van der Waals surface area contributed by atoms with E-state index in [0.717, 1.165) is 25.0 Å². The molecule has 2 unspecified atom stereocenters. The molecule has 0 aliphatic heterocycles. The largest absolute Gasteiger partial charge is 0.477 e. The van der Waals surface area contributed by atoms with E-state index in [1.807, 2.05) is 0 Å². The molecule has 0 aromatic carbocycles. The molecule has 1 fully saturated rings. The van der Waals surface area contributed by atoms with Crippen molar-refractivity contribution in [1.29, 1.82) is 0 Å². The molecule has 1 heterocycles. The van der Waals surface area contributed by atoms with Gasteiger partial charge in [-0.15, -0.1) is 0 Å². The zero-order valence-corrected chi connectivity index (χ0v) is 10.7. The molecule has 0 spiro atoms. The van der Waals surface area contributed by atoms with Gasteiger partial charge < -0.3 is 15.5 Å². The molecule has 1 saturated carbocycles. The molecule has 0 saturated heterocycles. The summed E-state index contributed by atoms with van der Waals surface area (Å²) >= 11 is 0. The molecule has 3 N–H and O–H groups in total. The fourth-order valence-corrected chi connectivity index (χ4v) is 2.28. The van der Waals surface area contributed by atoms with E-state index in [0.29, 0.717) is 12.8 Å². The van der Waals surface area contributed by atoms with Gasteiger partial charge in [0.15, 0.2) is 5.69 Å². The second kappa shape index (κ2) is 5.83. The molecule has 8 nitrogen and oxygen atoms in total. The Morgan fingerprint density at radius 1 is 1.40 bits per heavy atom. The Morgan fingerprint density at radius 3 is 2.70 bits per heavy atom. The van der Waals surface area contributed by atoms with Crippen LogP contribution in [0.25, 0.3) is 0 Å². The number of nitrogens with one attached hydrogen (secondary N) is 1. The van der Waals surface area contributed by atoms with Crippen LogP contribution >= 0.6 is 0 Å². The van der Waals surface area contributed by atoms with Crippen molar-refractivity contribution in [3.05, 3.63) is 27.9 Å². The molecule has 20 heavy (non-hydrogen) atoms. The van der Waals surface area contributed by atoms with Gasteiger partial charge in [-0.05, 0) is 18.9 Å². The number of hydrogen-bond acceptors (Lipinski definition) is 6. The molecule has 1 aliphatic rings. The number of hydrogen-bond donors (Lipinski definition) is 3. The summed E-state index contributed by atoms with van der Waals surface area (Å²) in [5.41, 5.74) is -0.573. The smallest absolute Gasteiger partial charge is 0.354 e. The van der Waals surface area contributed by atoms with Gasteiger partial charge in [0.25, 0.3) is 0 Å². The van der Waals surface area contributed by atoms with Crippen LogP contribution in [0.5, 0.6) is 0 Å². The van der Waals surface area contributed by atoms with Crippen LogP contribution in [-0.4, -0.2) is 38.2 Å². The molecule has 1 aromatic heterocycles. The zero-order chi connectivity index (χ0) is 14.7. The van der Waals surface area contributed by atoms with Crippen molar-refractivity contribution < 1.29 is 19.9 Å². The lowest BCUT2D eigenvalue weighted by Gasteiger charge is -2.28. The Labute approximate surface area is 114 Å². The summed E-state index contributed by atoms with van der Waals surface area (Å²) in [5.74, 6) is -1.37. The molecule has 108 valence electrons. The SMILES string of the molecule is O=C(O)c1ccc([N+](=O)[O-])c(NC2CCCCC2O)n1. The van der Waals surface area contributed by atoms with Crippen molar-refractivity contribution in [3.8, 4) is 0 Å². The fraction of sp³-hybridized carbons (Fsp3) is 0.500. The lowest BCUT2D eigenvalue weighted by Crippen LogP contribution is -2.36. The fourth-order valence-electron chi connectivity index (χ4n) is 2.28. The van der Waals surface area contributed by atoms with E-state index in [1.54, 1.807) is 0 Å². The van der Waals surface area contributed by atoms with E-state index < -0.39 is 17.0 Å². The minimum Gasteiger partial charge on any atom is -0.477 e. The summed E-state index contributed by atoms with van der Waals surface area (Å²) in [7, 11) is 0. The Bertz CT molecular complexity index is 534. The molecule has 2 atom stereocenters. The van der Waals surface area contributed by atoms with Gasteiger partial charge in [0.05, 0.1) is 17.1 Å². The van der Waals surface area contributed by atoms with Crippen LogP contribution in [0.15, 0.2) is 12.1 Å². The van der Waals surface area contributed by atoms with E-state index in [1.165, 1.54) is 0 Å². The summed E-state index contributed by atoms with van der Waals surface area (Å²) in [6.07, 6.45) is 2.48. The molecule has 2 rings (SSSR count). The summed E-state index contributed by atoms with van der Waals surface area (Å²) in [6.45, 7) is 0. The summed E-state index contributed by atoms with van der Waals surface area (Å²) in [5, 5.41) is 32.5. The van der Waals surface area contributed by atoms with Gasteiger partial charge in [0.2, 0.25) is 5.82 Å². The Balaban J connectivity index is 2.29. The highest BCUT2D eigenvalue weighted by molar-refractivity contribution is 5.86. The first-order chi connectivity index (χ1) is 9.49. The number of nitrogens with zero attached hydrogens (tertiary/aromatic N) is 2. The molecular formula is C12H15N3O5. The predicted octanol–water partition coefficient (Wildman–Crippen LogP) is 1.40. The molecule has 8 heteroatoms. The van der Waals surface area contributed by atoms with Crippen LogP contribution in [0.1, 0.15) is 36.2 Å². The van der Waals surface area contributed by atoms with Crippen LogP contribution in [-0.2, 0) is 0 Å². The number of carbonyl (C=O) groups is 1. The third-order valence-electron chi connectivity index (χ3n) is 3.34. The monoisotopic (exact) mass is 281 g/mol. The number of aliphatic hydroxyl groups is 1. The van der Waals surface area contributed by atoms with Crippen molar-refractivity contribution in [1.82, 2.24) is 4.98 Å². The number of aromatic carboxylic acids is 1. The Kier molecular flexibility index (Phi) is 4.14. The normalized spacial score (nSPS) is 22.2. The van der Waals surface area contributed by atoms with Gasteiger partial charge in [-0.25, -0.2) is 9.78 Å². The summed E-state index contributed by atoms with van der Waals surface area (Å²) in [6, 6.07) is 1.84. The molecular weight excluding hydrogens is 266 g/mol. The van der Waals surface area contributed by atoms with Gasteiger partial charge in [0, 0.05) is 6.07 Å². The second-order valence-corrected chi connectivity index (χ2v) is 4.73. The average molecular weight is 281 g/mol. The first-order valence-corrected chi connectivity index (χ1v) is 6.32.